The molecule has 11 heavy (non-hydrogen) atoms. The summed E-state index contributed by atoms with van der Waals surface area (Å²) in [6, 6.07) is 0. The summed E-state index contributed by atoms with van der Waals surface area (Å²) < 4.78 is 4.70. The molecule has 0 aliphatic heterocycles. The number of hydrogen-bond donors (Lipinski definition) is 1. The summed E-state index contributed by atoms with van der Waals surface area (Å²) in [5, 5.41) is 0.645. The highest BCUT2D eigenvalue weighted by Crippen LogP contribution is 1.86. The van der Waals surface area contributed by atoms with Gasteiger partial charge in [0.2, 0.25) is 5.91 Å². The first-order valence-electron chi connectivity index (χ1n) is 3.26. The zero-order valence-corrected chi connectivity index (χ0v) is 8.02. The Morgan fingerprint density at radius 3 is 2.82 bits per heavy atom. The van der Waals surface area contributed by atoms with Crippen LogP contribution in [0.1, 0.15) is 6.42 Å². The molecule has 1 amide bonds. The summed E-state index contributed by atoms with van der Waals surface area (Å²) in [7, 11) is 1.57. The number of methoxy groups -OCH3 is 1. The first kappa shape index (κ1) is 10.9. The number of nitrogens with one attached hydrogen (secondary N) is 1. The van der Waals surface area contributed by atoms with Gasteiger partial charge in [0, 0.05) is 18.9 Å². The van der Waals surface area contributed by atoms with E-state index in [0.29, 0.717) is 25.0 Å². The van der Waals surface area contributed by atoms with Crippen LogP contribution in [0.2, 0.25) is 0 Å². The molecule has 0 saturated heterocycles. The lowest BCUT2D eigenvalue weighted by Gasteiger charge is -2.02. The molecule has 0 radical (unpaired) electrons. The molecule has 0 unspecified atom stereocenters. The van der Waals surface area contributed by atoms with Gasteiger partial charge in [0.1, 0.15) is 0 Å². The van der Waals surface area contributed by atoms with E-state index < -0.39 is 0 Å². The number of hydrogen-bond acceptors (Lipinski definition) is 3. The van der Waals surface area contributed by atoms with Crippen molar-refractivity contribution in [3.8, 4) is 0 Å². The Labute approximate surface area is 74.3 Å². The standard InChI is InChI=1S/C6H12BrNO3/c1-10-4-5-11-8-6(9)2-3-7/h2-5H2,1H3,(H,8,9). The highest BCUT2D eigenvalue weighted by Gasteiger charge is 1.97. The number of halogens is 1. The lowest BCUT2D eigenvalue weighted by atomic mass is 10.5. The number of hydroxylamine groups is 1. The van der Waals surface area contributed by atoms with Crippen LogP contribution in [0.3, 0.4) is 0 Å². The van der Waals surface area contributed by atoms with Crippen LogP contribution in [0, 0.1) is 0 Å². The molecule has 66 valence electrons. The Morgan fingerprint density at radius 2 is 2.27 bits per heavy atom. The van der Waals surface area contributed by atoms with Crippen molar-refractivity contribution >= 4 is 21.8 Å². The Hall–Kier alpha value is -0.130. The molecule has 0 aromatic heterocycles. The van der Waals surface area contributed by atoms with Crippen molar-refractivity contribution in [2.24, 2.45) is 0 Å². The topological polar surface area (TPSA) is 47.6 Å². The fraction of sp³-hybridized carbons (Fsp3) is 0.833. The van der Waals surface area contributed by atoms with Crippen LogP contribution >= 0.6 is 15.9 Å². The number of amides is 1. The second-order valence-electron chi connectivity index (χ2n) is 1.81. The van der Waals surface area contributed by atoms with Gasteiger partial charge in [0.15, 0.2) is 0 Å². The number of carbonyl (C=O) groups excluding carboxylic acids is 1. The van der Waals surface area contributed by atoms with Crippen molar-refractivity contribution in [2.75, 3.05) is 25.7 Å². The van der Waals surface area contributed by atoms with Crippen LogP contribution in [0.25, 0.3) is 0 Å². The van der Waals surface area contributed by atoms with Crippen LogP contribution in [-0.4, -0.2) is 31.6 Å². The normalized spacial score (nSPS) is 9.64. The number of ether oxygens (including phenoxy) is 1. The molecule has 0 spiro atoms. The van der Waals surface area contributed by atoms with E-state index in [2.05, 4.69) is 21.4 Å². The second kappa shape index (κ2) is 7.97. The quantitative estimate of drug-likeness (QED) is 0.406. The van der Waals surface area contributed by atoms with Crippen LogP contribution in [0.4, 0.5) is 0 Å². The maximum Gasteiger partial charge on any atom is 0.244 e. The van der Waals surface area contributed by atoms with Gasteiger partial charge in [0.25, 0.3) is 0 Å². The van der Waals surface area contributed by atoms with E-state index in [1.54, 1.807) is 7.11 Å². The molecule has 5 heteroatoms. The Morgan fingerprint density at radius 1 is 1.55 bits per heavy atom. The van der Waals surface area contributed by atoms with Crippen LogP contribution < -0.4 is 5.48 Å². The Balaban J connectivity index is 3.04. The molecule has 1 N–H and O–H groups in total. The molecule has 0 fully saturated rings. The molecule has 0 saturated carbocycles. The first-order chi connectivity index (χ1) is 5.31. The van der Waals surface area contributed by atoms with Crippen molar-refractivity contribution < 1.29 is 14.4 Å². The van der Waals surface area contributed by atoms with Crippen molar-refractivity contribution in [1.29, 1.82) is 0 Å². The molecule has 0 aliphatic carbocycles. The maximum atomic E-state index is 10.7. The molecule has 4 nitrogen and oxygen atoms in total. The zero-order chi connectivity index (χ0) is 8.53. The Kier molecular flexibility index (Phi) is 7.88. The fourth-order valence-corrected chi connectivity index (χ4v) is 0.753. The van der Waals surface area contributed by atoms with E-state index in [1.165, 1.54) is 0 Å². The third-order valence-corrected chi connectivity index (χ3v) is 1.29. The van der Waals surface area contributed by atoms with E-state index in [9.17, 15) is 4.79 Å². The first-order valence-corrected chi connectivity index (χ1v) is 4.39. The minimum Gasteiger partial charge on any atom is -0.382 e. The number of rotatable bonds is 6. The minimum atomic E-state index is -0.127. The van der Waals surface area contributed by atoms with Gasteiger partial charge in [-0.15, -0.1) is 0 Å². The van der Waals surface area contributed by atoms with Gasteiger partial charge < -0.3 is 4.74 Å². The molecular weight excluding hydrogens is 214 g/mol. The monoisotopic (exact) mass is 225 g/mol. The van der Waals surface area contributed by atoms with Crippen molar-refractivity contribution in [3.05, 3.63) is 0 Å². The molecule has 0 rings (SSSR count). The van der Waals surface area contributed by atoms with Crippen LogP contribution in [0.5, 0.6) is 0 Å². The molecule has 0 aliphatic rings. The summed E-state index contributed by atoms with van der Waals surface area (Å²) in [5.74, 6) is -0.127. The average molecular weight is 226 g/mol. The van der Waals surface area contributed by atoms with Crippen LogP contribution in [0.15, 0.2) is 0 Å². The smallest absolute Gasteiger partial charge is 0.244 e. The highest BCUT2D eigenvalue weighted by molar-refractivity contribution is 9.09. The van der Waals surface area contributed by atoms with Gasteiger partial charge >= 0.3 is 0 Å². The third-order valence-electron chi connectivity index (χ3n) is 0.897. The predicted octanol–water partition coefficient (Wildman–Crippen LogP) is 0.466. The van der Waals surface area contributed by atoms with Gasteiger partial charge in [-0.2, -0.15) is 0 Å². The SMILES string of the molecule is COCCONC(=O)CCBr. The van der Waals surface area contributed by atoms with Crippen LogP contribution in [-0.2, 0) is 14.4 Å². The lowest BCUT2D eigenvalue weighted by Crippen LogP contribution is -2.25. The molecular formula is C6H12BrNO3. The summed E-state index contributed by atoms with van der Waals surface area (Å²) in [6.07, 6.45) is 0.424. The molecule has 0 heterocycles. The molecule has 0 bridgehead atoms. The van der Waals surface area contributed by atoms with E-state index >= 15 is 0 Å². The van der Waals surface area contributed by atoms with E-state index in [0.717, 1.165) is 0 Å². The minimum absolute atomic E-state index is 0.127. The maximum absolute atomic E-state index is 10.7. The summed E-state index contributed by atoms with van der Waals surface area (Å²) in [6.45, 7) is 0.860. The van der Waals surface area contributed by atoms with Gasteiger partial charge in [-0.1, -0.05) is 15.9 Å². The third kappa shape index (κ3) is 7.77. The van der Waals surface area contributed by atoms with Crippen molar-refractivity contribution in [2.45, 2.75) is 6.42 Å². The van der Waals surface area contributed by atoms with Gasteiger partial charge in [-0.25, -0.2) is 5.48 Å². The van der Waals surface area contributed by atoms with Gasteiger partial charge in [-0.05, 0) is 0 Å². The van der Waals surface area contributed by atoms with Crippen molar-refractivity contribution in [1.82, 2.24) is 5.48 Å². The predicted molar refractivity (Wildman–Crippen MR) is 44.4 cm³/mol. The lowest BCUT2D eigenvalue weighted by molar-refractivity contribution is -0.134. The summed E-state index contributed by atoms with van der Waals surface area (Å²) in [5.41, 5.74) is 2.27. The molecule has 0 atom stereocenters. The highest BCUT2D eigenvalue weighted by atomic mass is 79.9. The number of alkyl halides is 1. The fourth-order valence-electron chi connectivity index (χ4n) is 0.393. The summed E-state index contributed by atoms with van der Waals surface area (Å²) >= 11 is 3.13. The number of carbonyl (C=O) groups is 1. The van der Waals surface area contributed by atoms with E-state index in [1.807, 2.05) is 0 Å². The molecule has 0 aromatic rings. The van der Waals surface area contributed by atoms with E-state index in [-0.39, 0.29) is 5.91 Å². The summed E-state index contributed by atoms with van der Waals surface area (Å²) in [4.78, 5) is 15.4. The second-order valence-corrected chi connectivity index (χ2v) is 2.60. The van der Waals surface area contributed by atoms with Gasteiger partial charge in [0.05, 0.1) is 13.2 Å². The van der Waals surface area contributed by atoms with Gasteiger partial charge in [-0.3, -0.25) is 9.63 Å². The Bertz CT molecular complexity index is 110. The van der Waals surface area contributed by atoms with E-state index in [4.69, 9.17) is 9.57 Å². The largest absolute Gasteiger partial charge is 0.382 e. The molecule has 0 aromatic carbocycles. The zero-order valence-electron chi connectivity index (χ0n) is 6.43. The average Bonchev–Trinajstić information content (AvgIpc) is 1.99. The van der Waals surface area contributed by atoms with Crippen molar-refractivity contribution in [3.63, 3.8) is 0 Å².